The average Bonchev–Trinajstić information content (AvgIpc) is 3.03. The number of nitrogens with zero attached hydrogens (tertiary/aromatic N) is 2. The van der Waals surface area contributed by atoms with Gasteiger partial charge in [-0.15, -0.1) is 0 Å². The summed E-state index contributed by atoms with van der Waals surface area (Å²) in [6, 6.07) is 11.5. The Morgan fingerprint density at radius 3 is 2.67 bits per heavy atom. The number of hydrogen-bond acceptors (Lipinski definition) is 7. The minimum atomic E-state index is -1.39. The van der Waals surface area contributed by atoms with Crippen LogP contribution in [0.5, 0.6) is 0 Å². The van der Waals surface area contributed by atoms with Crippen molar-refractivity contribution in [1.29, 1.82) is 0 Å². The van der Waals surface area contributed by atoms with Gasteiger partial charge in [-0.2, -0.15) is 0 Å². The van der Waals surface area contributed by atoms with E-state index >= 15 is 0 Å². The SMILES string of the molecule is C[C@@H](O)[C@H]1C(=O)N2C(C(=O)[O-])=C(Sc3ccc(C[n+]4cccc(CO)c4)cc3)S[C@H]12. The van der Waals surface area contributed by atoms with Crippen LogP contribution in [0.15, 0.2) is 63.6 Å². The summed E-state index contributed by atoms with van der Waals surface area (Å²) in [7, 11) is 0. The number of carbonyl (C=O) groups is 2. The maximum absolute atomic E-state index is 12.3. The van der Waals surface area contributed by atoms with Gasteiger partial charge in [-0.05, 0) is 25.1 Å². The van der Waals surface area contributed by atoms with Gasteiger partial charge in [-0.25, -0.2) is 4.57 Å². The highest BCUT2D eigenvalue weighted by Crippen LogP contribution is 2.54. The van der Waals surface area contributed by atoms with Crippen LogP contribution in [0.25, 0.3) is 0 Å². The number of carboxylic acids is 1. The number of β-lactam (4-membered cyclic amide) rings is 1. The van der Waals surface area contributed by atoms with Crippen molar-refractivity contribution in [3.8, 4) is 0 Å². The number of aliphatic hydroxyl groups excluding tert-OH is 2. The second kappa shape index (κ2) is 8.43. The maximum atomic E-state index is 12.3. The van der Waals surface area contributed by atoms with Gasteiger partial charge < -0.3 is 20.1 Å². The third-order valence-electron chi connectivity index (χ3n) is 5.06. The smallest absolute Gasteiger partial charge is 0.236 e. The third-order valence-corrected chi connectivity index (χ3v) is 7.64. The average molecular weight is 445 g/mol. The van der Waals surface area contributed by atoms with Crippen molar-refractivity contribution >= 4 is 35.4 Å². The molecule has 0 unspecified atom stereocenters. The zero-order valence-corrected chi connectivity index (χ0v) is 17.7. The molecule has 0 aliphatic carbocycles. The first-order valence-electron chi connectivity index (χ1n) is 9.38. The molecule has 3 atom stereocenters. The molecule has 2 N–H and O–H groups in total. The summed E-state index contributed by atoms with van der Waals surface area (Å²) in [5.74, 6) is -2.37. The van der Waals surface area contributed by atoms with Crippen LogP contribution in [0.1, 0.15) is 18.1 Å². The molecule has 0 radical (unpaired) electrons. The number of carbonyl (C=O) groups excluding carboxylic acids is 2. The number of amides is 1. The Morgan fingerprint density at radius 1 is 1.30 bits per heavy atom. The molecular weight excluding hydrogens is 424 g/mol. The molecule has 0 saturated carbocycles. The Hall–Kier alpha value is -2.33. The van der Waals surface area contributed by atoms with Crippen LogP contribution in [0.2, 0.25) is 0 Å². The summed E-state index contributed by atoms with van der Waals surface area (Å²) in [5.41, 5.74) is 1.78. The van der Waals surface area contributed by atoms with Crippen LogP contribution >= 0.6 is 23.5 Å². The molecule has 0 bridgehead atoms. The van der Waals surface area contributed by atoms with Crippen LogP contribution in [-0.4, -0.2) is 38.5 Å². The number of rotatable bonds is 7. The molecule has 1 aromatic heterocycles. The number of thioether (sulfide) groups is 2. The van der Waals surface area contributed by atoms with E-state index in [0.717, 1.165) is 16.0 Å². The highest BCUT2D eigenvalue weighted by atomic mass is 32.2. The number of fused-ring (bicyclic) bond motifs is 1. The number of pyridine rings is 1. The summed E-state index contributed by atoms with van der Waals surface area (Å²) >= 11 is 2.56. The van der Waals surface area contributed by atoms with E-state index in [1.165, 1.54) is 35.3 Å². The van der Waals surface area contributed by atoms with E-state index < -0.39 is 23.4 Å². The van der Waals surface area contributed by atoms with Gasteiger partial charge in [0.2, 0.25) is 5.91 Å². The number of carboxylic acid groups (broad SMARTS) is 1. The molecular formula is C21H20N2O5S2. The Balaban J connectivity index is 1.49. The minimum Gasteiger partial charge on any atom is -0.543 e. The monoisotopic (exact) mass is 444 g/mol. The zero-order chi connectivity index (χ0) is 21.4. The predicted molar refractivity (Wildman–Crippen MR) is 109 cm³/mol. The van der Waals surface area contributed by atoms with E-state index in [2.05, 4.69) is 0 Å². The first kappa shape index (κ1) is 20.9. The molecule has 2 aliphatic rings. The van der Waals surface area contributed by atoms with Gasteiger partial charge in [0.15, 0.2) is 18.9 Å². The lowest BCUT2D eigenvalue weighted by atomic mass is 9.92. The molecule has 3 heterocycles. The van der Waals surface area contributed by atoms with E-state index in [1.807, 2.05) is 53.4 Å². The van der Waals surface area contributed by atoms with Crippen molar-refractivity contribution in [3.63, 3.8) is 0 Å². The Bertz CT molecular complexity index is 1020. The molecule has 4 rings (SSSR count). The largest absolute Gasteiger partial charge is 0.543 e. The van der Waals surface area contributed by atoms with Gasteiger partial charge in [0.1, 0.15) is 5.37 Å². The minimum absolute atomic E-state index is 0.0135. The van der Waals surface area contributed by atoms with Gasteiger partial charge in [0.05, 0.1) is 34.5 Å². The normalized spacial score (nSPS) is 21.4. The predicted octanol–water partition coefficient (Wildman–Crippen LogP) is 0.438. The van der Waals surface area contributed by atoms with Crippen molar-refractivity contribution in [3.05, 3.63) is 69.9 Å². The highest BCUT2D eigenvalue weighted by Gasteiger charge is 2.56. The van der Waals surface area contributed by atoms with Gasteiger partial charge in [-0.1, -0.05) is 35.7 Å². The van der Waals surface area contributed by atoms with Crippen molar-refractivity contribution in [2.45, 2.75) is 36.4 Å². The van der Waals surface area contributed by atoms with E-state index in [4.69, 9.17) is 0 Å². The third kappa shape index (κ3) is 3.85. The molecule has 2 aromatic rings. The standard InChI is InChI=1S/C21H20N2O5S2/c1-12(25)16-18(26)23-17(20(27)28)21(30-19(16)23)29-15-6-4-13(5-7-15)9-22-8-2-3-14(10-22)11-24/h2-8,10,12,16,19,24-25H,9,11H2,1H3/t12-,16+,19-/m1/s1. The lowest BCUT2D eigenvalue weighted by Crippen LogP contribution is -2.61. The van der Waals surface area contributed by atoms with Crippen molar-refractivity contribution in [2.24, 2.45) is 5.92 Å². The molecule has 9 heteroatoms. The molecule has 30 heavy (non-hydrogen) atoms. The van der Waals surface area contributed by atoms with Crippen molar-refractivity contribution < 1.29 is 29.5 Å². The summed E-state index contributed by atoms with van der Waals surface area (Å²) in [5, 5.41) is 30.3. The summed E-state index contributed by atoms with van der Waals surface area (Å²) in [4.78, 5) is 26.0. The number of benzene rings is 1. The van der Waals surface area contributed by atoms with Crippen LogP contribution in [-0.2, 0) is 22.7 Å². The van der Waals surface area contributed by atoms with E-state index in [-0.39, 0.29) is 18.2 Å². The van der Waals surface area contributed by atoms with Gasteiger partial charge in [0.25, 0.3) is 0 Å². The Morgan fingerprint density at radius 2 is 2.03 bits per heavy atom. The summed E-state index contributed by atoms with van der Waals surface area (Å²) < 4.78 is 2.47. The Labute approximate surface area is 182 Å². The van der Waals surface area contributed by atoms with E-state index in [9.17, 15) is 24.9 Å². The second-order valence-electron chi connectivity index (χ2n) is 7.20. The first-order valence-corrected chi connectivity index (χ1v) is 11.1. The maximum Gasteiger partial charge on any atom is 0.236 e. The fourth-order valence-electron chi connectivity index (χ4n) is 3.56. The quantitative estimate of drug-likeness (QED) is 0.472. The topological polar surface area (TPSA) is 105 Å². The molecule has 1 saturated heterocycles. The lowest BCUT2D eigenvalue weighted by molar-refractivity contribution is -0.688. The number of aromatic nitrogens is 1. The van der Waals surface area contributed by atoms with Crippen LogP contribution in [0, 0.1) is 5.92 Å². The number of aliphatic hydroxyl groups is 2. The lowest BCUT2D eigenvalue weighted by Gasteiger charge is -2.44. The van der Waals surface area contributed by atoms with Gasteiger partial charge >= 0.3 is 0 Å². The Kier molecular flexibility index (Phi) is 5.88. The van der Waals surface area contributed by atoms with Crippen molar-refractivity contribution in [2.75, 3.05) is 0 Å². The van der Waals surface area contributed by atoms with Crippen LogP contribution in [0.3, 0.4) is 0 Å². The molecule has 1 fully saturated rings. The molecule has 2 aliphatic heterocycles. The van der Waals surface area contributed by atoms with Crippen molar-refractivity contribution in [1.82, 2.24) is 4.90 Å². The first-order chi connectivity index (χ1) is 14.4. The van der Waals surface area contributed by atoms with E-state index in [0.29, 0.717) is 10.8 Å². The van der Waals surface area contributed by atoms with Crippen LogP contribution in [0.4, 0.5) is 0 Å². The molecule has 1 amide bonds. The summed E-state index contributed by atoms with van der Waals surface area (Å²) in [6.07, 6.45) is 2.97. The number of aliphatic carboxylic acids is 1. The fraction of sp³-hybridized carbons (Fsp3) is 0.286. The molecule has 7 nitrogen and oxygen atoms in total. The summed E-state index contributed by atoms with van der Waals surface area (Å²) in [6.45, 7) is 2.17. The van der Waals surface area contributed by atoms with Gasteiger partial charge in [0, 0.05) is 22.1 Å². The number of hydrogen-bond donors (Lipinski definition) is 2. The molecule has 1 aromatic carbocycles. The second-order valence-corrected chi connectivity index (χ2v) is 9.66. The molecule has 0 spiro atoms. The molecule has 156 valence electrons. The van der Waals surface area contributed by atoms with Gasteiger partial charge in [-0.3, -0.25) is 9.69 Å². The fourth-order valence-corrected chi connectivity index (χ4v) is 6.42. The van der Waals surface area contributed by atoms with Crippen LogP contribution < -0.4 is 9.67 Å². The zero-order valence-electron chi connectivity index (χ0n) is 16.1. The highest BCUT2D eigenvalue weighted by molar-refractivity contribution is 8.22. The van der Waals surface area contributed by atoms with E-state index in [1.54, 1.807) is 0 Å².